The fraction of sp³-hybridized carbons (Fsp3) is 0.500. The Morgan fingerprint density at radius 2 is 1.74 bits per heavy atom. The van der Waals surface area contributed by atoms with E-state index in [0.717, 1.165) is 0 Å². The summed E-state index contributed by atoms with van der Waals surface area (Å²) in [5, 5.41) is 19.7. The van der Waals surface area contributed by atoms with Crippen LogP contribution < -0.4 is 4.74 Å². The Labute approximate surface area is 112 Å². The highest BCUT2D eigenvalue weighted by molar-refractivity contribution is 5.81. The van der Waals surface area contributed by atoms with Gasteiger partial charge in [0.25, 0.3) is 0 Å². The number of methoxy groups -OCH3 is 1. The van der Waals surface area contributed by atoms with Gasteiger partial charge in [0.2, 0.25) is 5.60 Å². The second-order valence-corrected chi connectivity index (χ2v) is 5.25. The highest BCUT2D eigenvalue weighted by Crippen LogP contribution is 2.26. The van der Waals surface area contributed by atoms with Crippen molar-refractivity contribution in [3.8, 4) is 5.75 Å². The molecule has 0 unspecified atom stereocenters. The molecule has 0 bridgehead atoms. The Morgan fingerprint density at radius 3 is 2.11 bits per heavy atom. The molecule has 0 saturated heterocycles. The van der Waals surface area contributed by atoms with Crippen molar-refractivity contribution in [3.05, 3.63) is 29.8 Å². The number of hydrogen-bond acceptors (Lipinski definition) is 5. The van der Waals surface area contributed by atoms with E-state index in [4.69, 9.17) is 9.47 Å². The number of aliphatic hydroxyl groups is 2. The molecule has 0 heterocycles. The van der Waals surface area contributed by atoms with Crippen molar-refractivity contribution in [3.63, 3.8) is 0 Å². The van der Waals surface area contributed by atoms with Crippen LogP contribution in [0.5, 0.6) is 5.75 Å². The van der Waals surface area contributed by atoms with Crippen molar-refractivity contribution < 1.29 is 24.5 Å². The molecule has 0 aliphatic heterocycles. The normalized spacial score (nSPS) is 14.6. The van der Waals surface area contributed by atoms with Gasteiger partial charge in [0.1, 0.15) is 11.4 Å². The van der Waals surface area contributed by atoms with Crippen LogP contribution in [-0.4, -0.2) is 35.5 Å². The molecule has 1 aromatic rings. The van der Waals surface area contributed by atoms with E-state index in [-0.39, 0.29) is 5.56 Å². The second kappa shape index (κ2) is 5.59. The fourth-order valence-electron chi connectivity index (χ4n) is 1.50. The van der Waals surface area contributed by atoms with Crippen LogP contribution in [0.15, 0.2) is 24.3 Å². The van der Waals surface area contributed by atoms with Crippen molar-refractivity contribution in [1.29, 1.82) is 0 Å². The number of carbonyl (C=O) groups excluding carboxylic acids is 1. The molecule has 0 fully saturated rings. The summed E-state index contributed by atoms with van der Waals surface area (Å²) < 4.78 is 10.1. The minimum absolute atomic E-state index is 0.255. The maximum Gasteiger partial charge on any atom is 0.345 e. The molecule has 0 amide bonds. The zero-order valence-corrected chi connectivity index (χ0v) is 11.6. The quantitative estimate of drug-likeness (QED) is 0.803. The lowest BCUT2D eigenvalue weighted by molar-refractivity contribution is -0.182. The molecule has 0 aromatic heterocycles. The molecule has 1 aromatic carbocycles. The number of rotatable bonds is 4. The Bertz CT molecular complexity index is 432. The molecule has 5 nitrogen and oxygen atoms in total. The van der Waals surface area contributed by atoms with Gasteiger partial charge < -0.3 is 19.7 Å². The van der Waals surface area contributed by atoms with Crippen LogP contribution in [0.1, 0.15) is 26.3 Å². The second-order valence-electron chi connectivity index (χ2n) is 5.25. The summed E-state index contributed by atoms with van der Waals surface area (Å²) in [6.07, 6.45) is 0. The number of esters is 1. The standard InChI is InChI=1S/C14H20O5/c1-13(2,3)19-12(16)14(17,9-15)10-5-7-11(18-4)8-6-10/h5-8,15,17H,9H2,1-4H3/t14-/m1/s1. The number of ether oxygens (including phenoxy) is 2. The first-order chi connectivity index (χ1) is 8.73. The number of hydrogen-bond donors (Lipinski definition) is 2. The summed E-state index contributed by atoms with van der Waals surface area (Å²) in [6, 6.07) is 6.22. The van der Waals surface area contributed by atoms with E-state index in [0.29, 0.717) is 5.75 Å². The van der Waals surface area contributed by atoms with E-state index < -0.39 is 23.8 Å². The molecule has 0 aliphatic rings. The monoisotopic (exact) mass is 268 g/mol. The lowest BCUT2D eigenvalue weighted by Crippen LogP contribution is -2.44. The van der Waals surface area contributed by atoms with E-state index in [1.54, 1.807) is 32.9 Å². The van der Waals surface area contributed by atoms with Crippen molar-refractivity contribution >= 4 is 5.97 Å². The van der Waals surface area contributed by atoms with Gasteiger partial charge in [-0.05, 0) is 38.5 Å². The Balaban J connectivity index is 3.04. The number of carbonyl (C=O) groups is 1. The average molecular weight is 268 g/mol. The van der Waals surface area contributed by atoms with E-state index >= 15 is 0 Å². The summed E-state index contributed by atoms with van der Waals surface area (Å²) in [7, 11) is 1.51. The molecule has 0 saturated carbocycles. The van der Waals surface area contributed by atoms with Gasteiger partial charge >= 0.3 is 5.97 Å². The van der Waals surface area contributed by atoms with Crippen LogP contribution in [0.3, 0.4) is 0 Å². The minimum atomic E-state index is -2.07. The van der Waals surface area contributed by atoms with E-state index in [1.165, 1.54) is 19.2 Å². The van der Waals surface area contributed by atoms with Crippen LogP contribution in [0, 0.1) is 0 Å². The highest BCUT2D eigenvalue weighted by atomic mass is 16.6. The molecule has 106 valence electrons. The van der Waals surface area contributed by atoms with Crippen LogP contribution in [-0.2, 0) is 15.1 Å². The van der Waals surface area contributed by atoms with Crippen molar-refractivity contribution in [2.45, 2.75) is 32.0 Å². The third-order valence-corrected chi connectivity index (χ3v) is 2.53. The lowest BCUT2D eigenvalue weighted by atomic mass is 9.94. The Hall–Kier alpha value is -1.59. The third kappa shape index (κ3) is 3.68. The fourth-order valence-corrected chi connectivity index (χ4v) is 1.50. The Kier molecular flexibility index (Phi) is 4.55. The molecule has 0 aliphatic carbocycles. The van der Waals surface area contributed by atoms with Gasteiger partial charge in [0, 0.05) is 0 Å². The first kappa shape index (κ1) is 15.5. The molecular weight excluding hydrogens is 248 g/mol. The van der Waals surface area contributed by atoms with Gasteiger partial charge in [0.05, 0.1) is 13.7 Å². The first-order valence-electron chi connectivity index (χ1n) is 5.94. The number of benzene rings is 1. The molecule has 1 rings (SSSR count). The van der Waals surface area contributed by atoms with Crippen molar-refractivity contribution in [2.24, 2.45) is 0 Å². The maximum atomic E-state index is 12.0. The molecule has 0 spiro atoms. The highest BCUT2D eigenvalue weighted by Gasteiger charge is 2.41. The Morgan fingerprint density at radius 1 is 1.21 bits per heavy atom. The SMILES string of the molecule is COc1ccc([C@](O)(CO)C(=O)OC(C)(C)C)cc1. The molecular formula is C14H20O5. The third-order valence-electron chi connectivity index (χ3n) is 2.53. The van der Waals surface area contributed by atoms with Crippen molar-refractivity contribution in [1.82, 2.24) is 0 Å². The average Bonchev–Trinajstić information content (AvgIpc) is 2.35. The van der Waals surface area contributed by atoms with Crippen LogP contribution in [0.25, 0.3) is 0 Å². The summed E-state index contributed by atoms with van der Waals surface area (Å²) in [5.74, 6) is -0.291. The van der Waals surface area contributed by atoms with Crippen LogP contribution in [0.2, 0.25) is 0 Å². The molecule has 2 N–H and O–H groups in total. The van der Waals surface area contributed by atoms with E-state index in [9.17, 15) is 15.0 Å². The van der Waals surface area contributed by atoms with Crippen LogP contribution in [0.4, 0.5) is 0 Å². The van der Waals surface area contributed by atoms with Gasteiger partial charge in [-0.3, -0.25) is 0 Å². The zero-order chi connectivity index (χ0) is 14.7. The summed E-state index contributed by atoms with van der Waals surface area (Å²) >= 11 is 0. The van der Waals surface area contributed by atoms with E-state index in [2.05, 4.69) is 0 Å². The smallest absolute Gasteiger partial charge is 0.345 e. The van der Waals surface area contributed by atoms with E-state index in [1.807, 2.05) is 0 Å². The van der Waals surface area contributed by atoms with Crippen molar-refractivity contribution in [2.75, 3.05) is 13.7 Å². The summed E-state index contributed by atoms with van der Waals surface area (Å²) in [5.41, 5.74) is -2.56. The summed E-state index contributed by atoms with van der Waals surface area (Å²) in [6.45, 7) is 4.32. The maximum absolute atomic E-state index is 12.0. The van der Waals surface area contributed by atoms with Crippen LogP contribution >= 0.6 is 0 Å². The predicted molar refractivity (Wildman–Crippen MR) is 69.8 cm³/mol. The molecule has 5 heteroatoms. The minimum Gasteiger partial charge on any atom is -0.497 e. The van der Waals surface area contributed by atoms with Gasteiger partial charge in [0.15, 0.2) is 0 Å². The van der Waals surface area contributed by atoms with Gasteiger partial charge in [-0.25, -0.2) is 4.79 Å². The predicted octanol–water partition coefficient (Wildman–Crippen LogP) is 1.22. The van der Waals surface area contributed by atoms with Gasteiger partial charge in [-0.1, -0.05) is 12.1 Å². The molecule has 0 radical (unpaired) electrons. The van der Waals surface area contributed by atoms with Gasteiger partial charge in [-0.2, -0.15) is 0 Å². The molecule has 19 heavy (non-hydrogen) atoms. The zero-order valence-electron chi connectivity index (χ0n) is 11.6. The van der Waals surface area contributed by atoms with Gasteiger partial charge in [-0.15, -0.1) is 0 Å². The largest absolute Gasteiger partial charge is 0.497 e. The first-order valence-corrected chi connectivity index (χ1v) is 5.94. The number of aliphatic hydroxyl groups excluding tert-OH is 1. The summed E-state index contributed by atoms with van der Waals surface area (Å²) in [4.78, 5) is 12.0. The molecule has 1 atom stereocenters. The topological polar surface area (TPSA) is 76.0 Å². The lowest BCUT2D eigenvalue weighted by Gasteiger charge is -2.29.